The Labute approximate surface area is 257 Å². The minimum atomic E-state index is -3.10. The number of anilines is 1. The summed E-state index contributed by atoms with van der Waals surface area (Å²) in [6.45, 7) is 7.55. The second kappa shape index (κ2) is 13.3. The SMILES string of the molecule is Cc1nc2ccc(-c3cnc(C(C)O)nc3)cc2c(N[C@@H](c2cc(C(CO)NC(=O)OC(C)(C)C)ccc2F)C(F)F)c1Cl. The number of halogens is 4. The van der Waals surface area contributed by atoms with Gasteiger partial charge in [-0.1, -0.05) is 23.7 Å². The normalized spacial score (nSPS) is 13.9. The largest absolute Gasteiger partial charge is 0.444 e. The van der Waals surface area contributed by atoms with Crippen molar-refractivity contribution < 1.29 is 32.9 Å². The molecule has 9 nitrogen and oxygen atoms in total. The fraction of sp³-hybridized carbons (Fsp3) is 0.355. The van der Waals surface area contributed by atoms with E-state index in [-0.39, 0.29) is 22.1 Å². The van der Waals surface area contributed by atoms with E-state index >= 15 is 4.39 Å². The highest BCUT2D eigenvalue weighted by atomic mass is 35.5. The lowest BCUT2D eigenvalue weighted by Crippen LogP contribution is -2.36. The molecule has 3 atom stereocenters. The molecular weight excluding hydrogens is 599 g/mol. The van der Waals surface area contributed by atoms with Crippen LogP contribution in [-0.2, 0) is 4.74 Å². The van der Waals surface area contributed by atoms with Crippen LogP contribution in [0.4, 0.5) is 23.7 Å². The summed E-state index contributed by atoms with van der Waals surface area (Å²) in [7, 11) is 0. The molecule has 2 aromatic carbocycles. The van der Waals surface area contributed by atoms with Crippen molar-refractivity contribution in [3.8, 4) is 11.1 Å². The van der Waals surface area contributed by atoms with Crippen LogP contribution in [0, 0.1) is 12.7 Å². The Morgan fingerprint density at radius 2 is 1.77 bits per heavy atom. The molecule has 13 heteroatoms. The van der Waals surface area contributed by atoms with E-state index in [4.69, 9.17) is 16.3 Å². The number of pyridine rings is 1. The van der Waals surface area contributed by atoms with Gasteiger partial charge in [-0.05, 0) is 70.0 Å². The van der Waals surface area contributed by atoms with Crippen molar-refractivity contribution in [3.05, 3.63) is 82.3 Å². The maximum atomic E-state index is 15.2. The summed E-state index contributed by atoms with van der Waals surface area (Å²) < 4.78 is 49.8. The number of carbonyl (C=O) groups is 1. The van der Waals surface area contributed by atoms with Gasteiger partial charge in [0.05, 0.1) is 34.6 Å². The zero-order valence-electron chi connectivity index (χ0n) is 24.7. The molecule has 4 aromatic rings. The molecule has 1 amide bonds. The number of nitrogens with zero attached hydrogens (tertiary/aromatic N) is 3. The second-order valence-corrected chi connectivity index (χ2v) is 11.6. The minimum Gasteiger partial charge on any atom is -0.444 e. The quantitative estimate of drug-likeness (QED) is 0.158. The average Bonchev–Trinajstić information content (AvgIpc) is 2.95. The smallest absolute Gasteiger partial charge is 0.408 e. The van der Waals surface area contributed by atoms with Crippen LogP contribution in [0.15, 0.2) is 48.8 Å². The van der Waals surface area contributed by atoms with Crippen molar-refractivity contribution in [1.82, 2.24) is 20.3 Å². The first kappa shape index (κ1) is 32.9. The third kappa shape index (κ3) is 7.55. The topological polar surface area (TPSA) is 129 Å². The number of aryl methyl sites for hydroxylation is 1. The van der Waals surface area contributed by atoms with Gasteiger partial charge in [0.1, 0.15) is 23.6 Å². The van der Waals surface area contributed by atoms with Gasteiger partial charge in [-0.2, -0.15) is 0 Å². The van der Waals surface area contributed by atoms with Gasteiger partial charge in [-0.3, -0.25) is 4.98 Å². The fourth-order valence-electron chi connectivity index (χ4n) is 4.52. The zero-order valence-corrected chi connectivity index (χ0v) is 25.5. The zero-order chi connectivity index (χ0) is 32.3. The number of aliphatic hydroxyl groups excluding tert-OH is 2. The molecule has 0 saturated carbocycles. The molecule has 0 saturated heterocycles. The van der Waals surface area contributed by atoms with Gasteiger partial charge in [-0.25, -0.2) is 27.9 Å². The van der Waals surface area contributed by atoms with Crippen LogP contribution in [0.3, 0.4) is 0 Å². The lowest BCUT2D eigenvalue weighted by molar-refractivity contribution is 0.0481. The van der Waals surface area contributed by atoms with Crippen molar-refractivity contribution in [2.45, 2.75) is 64.8 Å². The van der Waals surface area contributed by atoms with E-state index in [1.165, 1.54) is 18.5 Å². The van der Waals surface area contributed by atoms with Crippen molar-refractivity contribution >= 4 is 34.3 Å². The summed E-state index contributed by atoms with van der Waals surface area (Å²) in [5.74, 6) is -0.686. The molecule has 44 heavy (non-hydrogen) atoms. The monoisotopic (exact) mass is 631 g/mol. The number of aromatic nitrogens is 3. The van der Waals surface area contributed by atoms with Gasteiger partial charge in [0.15, 0.2) is 5.82 Å². The molecule has 0 radical (unpaired) electrons. The van der Waals surface area contributed by atoms with Crippen LogP contribution in [0.25, 0.3) is 22.0 Å². The van der Waals surface area contributed by atoms with Gasteiger partial charge in [0.25, 0.3) is 6.43 Å². The predicted octanol–water partition coefficient (Wildman–Crippen LogP) is 6.82. The Morgan fingerprint density at radius 1 is 1.09 bits per heavy atom. The molecule has 0 spiro atoms. The van der Waals surface area contributed by atoms with Gasteiger partial charge in [0, 0.05) is 28.9 Å². The standard InChI is InChI=1S/C31H33ClF3N5O4/c1-15-25(32)26(21-10-17(7-9-23(21)38-15)19-12-36-29(16(2)42)37-13-19)40-27(28(34)35)20-11-18(6-8-22(20)33)24(14-41)39-30(43)44-31(3,4)5/h6-13,16,24,27-28,41-42H,14H2,1-5H3,(H,38,40)(H,39,43)/t16?,24?,27-/m0/s1. The second-order valence-electron chi connectivity index (χ2n) is 11.2. The first-order valence-electron chi connectivity index (χ1n) is 13.7. The first-order valence-corrected chi connectivity index (χ1v) is 14.1. The number of ether oxygens (including phenoxy) is 1. The van der Waals surface area contributed by atoms with Crippen molar-refractivity contribution in [1.29, 1.82) is 0 Å². The molecule has 2 heterocycles. The number of alkyl carbamates (subject to hydrolysis) is 1. The minimum absolute atomic E-state index is 0.0670. The van der Waals surface area contributed by atoms with Crippen LogP contribution < -0.4 is 10.6 Å². The number of alkyl halides is 2. The van der Waals surface area contributed by atoms with Crippen molar-refractivity contribution in [2.75, 3.05) is 11.9 Å². The number of amides is 1. The number of hydrogen-bond acceptors (Lipinski definition) is 8. The van der Waals surface area contributed by atoms with Crippen LogP contribution in [0.1, 0.15) is 68.5 Å². The molecule has 2 unspecified atom stereocenters. The maximum absolute atomic E-state index is 15.2. The average molecular weight is 632 g/mol. The Hall–Kier alpha value is -4.00. The van der Waals surface area contributed by atoms with Crippen LogP contribution >= 0.6 is 11.6 Å². The summed E-state index contributed by atoms with van der Waals surface area (Å²) in [5, 5.41) is 25.3. The number of nitrogens with one attached hydrogen (secondary N) is 2. The third-order valence-corrected chi connectivity index (χ3v) is 7.12. The van der Waals surface area contributed by atoms with E-state index in [9.17, 15) is 23.8 Å². The predicted molar refractivity (Wildman–Crippen MR) is 161 cm³/mol. The summed E-state index contributed by atoms with van der Waals surface area (Å²) in [6, 6.07) is 5.63. The van der Waals surface area contributed by atoms with Crippen LogP contribution in [0.2, 0.25) is 5.02 Å². The summed E-state index contributed by atoms with van der Waals surface area (Å²) in [4.78, 5) is 25.1. The Kier molecular flexibility index (Phi) is 9.97. The number of fused-ring (bicyclic) bond motifs is 1. The molecule has 4 rings (SSSR count). The highest BCUT2D eigenvalue weighted by Crippen LogP contribution is 2.39. The van der Waals surface area contributed by atoms with E-state index in [0.717, 1.165) is 12.1 Å². The summed E-state index contributed by atoms with van der Waals surface area (Å²) >= 11 is 6.61. The lowest BCUT2D eigenvalue weighted by atomic mass is 9.98. The third-order valence-electron chi connectivity index (χ3n) is 6.65. The van der Waals surface area contributed by atoms with E-state index in [1.54, 1.807) is 52.8 Å². The molecule has 0 fully saturated rings. The van der Waals surface area contributed by atoms with Crippen molar-refractivity contribution in [2.24, 2.45) is 0 Å². The first-order chi connectivity index (χ1) is 20.7. The number of benzene rings is 2. The van der Waals surface area contributed by atoms with E-state index in [0.29, 0.717) is 27.7 Å². The summed E-state index contributed by atoms with van der Waals surface area (Å²) in [5.41, 5.74) is 1.11. The van der Waals surface area contributed by atoms with Crippen molar-refractivity contribution in [3.63, 3.8) is 0 Å². The number of rotatable bonds is 9. The molecule has 0 aliphatic carbocycles. The molecule has 0 aliphatic rings. The summed E-state index contributed by atoms with van der Waals surface area (Å²) in [6.07, 6.45) is -1.74. The van der Waals surface area contributed by atoms with Gasteiger partial charge >= 0.3 is 6.09 Å². The number of hydrogen-bond donors (Lipinski definition) is 4. The molecule has 2 aromatic heterocycles. The highest BCUT2D eigenvalue weighted by molar-refractivity contribution is 6.35. The van der Waals surface area contributed by atoms with Gasteiger partial charge < -0.3 is 25.6 Å². The Balaban J connectivity index is 1.75. The Morgan fingerprint density at radius 3 is 2.36 bits per heavy atom. The van der Waals surface area contributed by atoms with Gasteiger partial charge in [-0.15, -0.1) is 0 Å². The molecule has 4 N–H and O–H groups in total. The van der Waals surface area contributed by atoms with Crippen LogP contribution in [-0.4, -0.2) is 49.9 Å². The van der Waals surface area contributed by atoms with Crippen LogP contribution in [0.5, 0.6) is 0 Å². The maximum Gasteiger partial charge on any atom is 0.408 e. The van der Waals surface area contributed by atoms with E-state index in [2.05, 4.69) is 25.6 Å². The molecule has 234 valence electrons. The number of carbonyl (C=O) groups excluding carboxylic acids is 1. The van der Waals surface area contributed by atoms with Gasteiger partial charge in [0.2, 0.25) is 0 Å². The molecular formula is C31H33ClF3N5O4. The van der Waals surface area contributed by atoms with E-state index < -0.39 is 54.3 Å². The van der Waals surface area contributed by atoms with E-state index in [1.807, 2.05) is 0 Å². The number of aliphatic hydroxyl groups is 2. The highest BCUT2D eigenvalue weighted by Gasteiger charge is 2.29. The molecule has 0 bridgehead atoms. The molecule has 0 aliphatic heterocycles. The Bertz CT molecular complexity index is 1650. The lowest BCUT2D eigenvalue weighted by Gasteiger charge is -2.25. The fourth-order valence-corrected chi connectivity index (χ4v) is 4.72.